The molecule has 0 bridgehead atoms. The Morgan fingerprint density at radius 1 is 0.558 bits per heavy atom. The molecule has 0 saturated heterocycles. The van der Waals surface area contributed by atoms with Crippen molar-refractivity contribution in [3.05, 3.63) is 71.4 Å². The minimum atomic E-state index is -6.71. The van der Waals surface area contributed by atoms with Gasteiger partial charge in [-0.15, -0.1) is 13.2 Å². The van der Waals surface area contributed by atoms with Crippen molar-refractivity contribution < 1.29 is 79.4 Å². The topological polar surface area (TPSA) is 44.9 Å². The summed E-state index contributed by atoms with van der Waals surface area (Å²) < 4.78 is 234. The van der Waals surface area contributed by atoms with E-state index in [4.69, 9.17) is 0 Å². The molecule has 0 radical (unpaired) electrons. The molecule has 52 heavy (non-hydrogen) atoms. The second kappa shape index (κ2) is 13.2. The van der Waals surface area contributed by atoms with Gasteiger partial charge in [0.25, 0.3) is 0 Å². The first-order valence-corrected chi connectivity index (χ1v) is 15.8. The molecule has 0 unspecified atom stereocenters. The summed E-state index contributed by atoms with van der Waals surface area (Å²) >= 11 is 7.21. The molecule has 4 aromatic rings. The predicted molar refractivity (Wildman–Crippen MR) is 160 cm³/mol. The molecule has 286 valence electrons. The summed E-state index contributed by atoms with van der Waals surface area (Å²) in [4.78, 5) is 0. The van der Waals surface area contributed by atoms with Crippen LogP contribution < -0.4 is 4.74 Å². The van der Waals surface area contributed by atoms with E-state index < -0.39 is 75.5 Å². The largest absolute Gasteiger partial charge is 0.573 e. The first kappa shape index (κ1) is 41.9. The fraction of sp³-hybridized carbons (Fsp3) is 0.333. The Labute approximate surface area is 308 Å². The van der Waals surface area contributed by atoms with Gasteiger partial charge >= 0.3 is 42.4 Å². The summed E-state index contributed by atoms with van der Waals surface area (Å²) in [6.07, 6.45) is -30.0. The zero-order valence-corrected chi connectivity index (χ0v) is 30.0. The molecule has 25 heteroatoms. The lowest BCUT2D eigenvalue weighted by molar-refractivity contribution is -0.349. The van der Waals surface area contributed by atoms with Crippen molar-refractivity contribution in [3.8, 4) is 28.5 Å². The van der Waals surface area contributed by atoms with Crippen molar-refractivity contribution >= 4 is 54.5 Å². The summed E-state index contributed by atoms with van der Waals surface area (Å²) in [6, 6.07) is 0.0395. The third kappa shape index (κ3) is 7.20. The van der Waals surface area contributed by atoms with E-state index in [1.54, 1.807) is 22.6 Å². The van der Waals surface area contributed by atoms with Crippen LogP contribution in [0.2, 0.25) is 0 Å². The molecule has 2 heterocycles. The van der Waals surface area contributed by atoms with E-state index in [9.17, 15) is 74.6 Å². The van der Waals surface area contributed by atoms with E-state index in [2.05, 4.69) is 46.8 Å². The van der Waals surface area contributed by atoms with E-state index in [0.29, 0.717) is 16.8 Å². The summed E-state index contributed by atoms with van der Waals surface area (Å²) in [6.45, 7) is 2.09. The van der Waals surface area contributed by atoms with Gasteiger partial charge in [0.15, 0.2) is 5.75 Å². The summed E-state index contributed by atoms with van der Waals surface area (Å²) in [5.74, 6) is -1.78. The lowest BCUT2D eigenvalue weighted by atomic mass is 9.90. The van der Waals surface area contributed by atoms with Gasteiger partial charge in [-0.2, -0.15) is 62.9 Å². The van der Waals surface area contributed by atoms with E-state index >= 15 is 0 Å². The maximum absolute atomic E-state index is 14.8. The zero-order valence-electron chi connectivity index (χ0n) is 24.7. The SMILES string of the molecule is Cc1cc(C(F)(C(F)(F)F)C(F)(F)F)cc(C)c1-n1cc(I)c(-c2nn(-c3c(Br)cc(C(F)(C(F)(F)F)C(F)(F)F)cc3OC(F)(F)F)cc2Br)n1. The smallest absolute Gasteiger partial charge is 0.403 e. The van der Waals surface area contributed by atoms with Gasteiger partial charge in [-0.25, -0.2) is 18.1 Å². The maximum Gasteiger partial charge on any atom is 0.573 e. The van der Waals surface area contributed by atoms with Crippen molar-refractivity contribution in [1.29, 1.82) is 0 Å². The summed E-state index contributed by atoms with van der Waals surface area (Å²) in [7, 11) is 0. The normalized spacial score (nSPS) is 14.0. The molecule has 0 spiro atoms. The van der Waals surface area contributed by atoms with Crippen LogP contribution in [0, 0.1) is 17.4 Å². The number of alkyl halides is 17. The second-order valence-electron chi connectivity index (χ2n) is 10.7. The minimum absolute atomic E-state index is 0.0911. The molecule has 0 aliphatic heterocycles. The molecular formula is C27H12Br2F17IN4O. The van der Waals surface area contributed by atoms with Crippen LogP contribution in [0.1, 0.15) is 22.3 Å². The number of benzene rings is 2. The van der Waals surface area contributed by atoms with Crippen LogP contribution in [0.3, 0.4) is 0 Å². The van der Waals surface area contributed by atoms with Gasteiger partial charge in [0.2, 0.25) is 0 Å². The predicted octanol–water partition coefficient (Wildman–Crippen LogP) is 11.9. The van der Waals surface area contributed by atoms with Crippen LogP contribution in [0.25, 0.3) is 22.8 Å². The fourth-order valence-corrected chi connectivity index (χ4v) is 6.66. The molecule has 0 aliphatic rings. The molecule has 4 rings (SSSR count). The number of halogens is 20. The third-order valence-corrected chi connectivity index (χ3v) is 9.10. The van der Waals surface area contributed by atoms with Gasteiger partial charge in [-0.1, -0.05) is 12.1 Å². The maximum atomic E-state index is 14.8. The van der Waals surface area contributed by atoms with E-state index in [0.717, 1.165) is 24.7 Å². The molecule has 2 aromatic carbocycles. The van der Waals surface area contributed by atoms with Crippen molar-refractivity contribution in [2.45, 2.75) is 56.3 Å². The Hall–Kier alpha value is -2.84. The number of hydrogen-bond donors (Lipinski definition) is 0. The van der Waals surface area contributed by atoms with Crippen LogP contribution in [-0.2, 0) is 11.3 Å². The zero-order chi connectivity index (χ0) is 39.9. The molecule has 0 fully saturated rings. The van der Waals surface area contributed by atoms with Crippen molar-refractivity contribution in [1.82, 2.24) is 19.6 Å². The van der Waals surface area contributed by atoms with Crippen molar-refractivity contribution in [2.24, 2.45) is 0 Å². The van der Waals surface area contributed by atoms with Crippen LogP contribution in [0.5, 0.6) is 5.75 Å². The molecule has 2 aromatic heterocycles. The lowest BCUT2D eigenvalue weighted by Gasteiger charge is -2.31. The lowest BCUT2D eigenvalue weighted by Crippen LogP contribution is -2.50. The average Bonchev–Trinajstić information content (AvgIpc) is 3.49. The highest BCUT2D eigenvalue weighted by atomic mass is 127. The third-order valence-electron chi connectivity index (χ3n) is 7.12. The Balaban J connectivity index is 1.88. The fourth-order valence-electron chi connectivity index (χ4n) is 4.95. The van der Waals surface area contributed by atoms with Crippen molar-refractivity contribution in [3.63, 3.8) is 0 Å². The number of rotatable bonds is 6. The van der Waals surface area contributed by atoms with Gasteiger partial charge in [0.05, 0.1) is 13.7 Å². The molecule has 0 amide bonds. The Morgan fingerprint density at radius 2 is 0.962 bits per heavy atom. The van der Waals surface area contributed by atoms with Crippen LogP contribution in [-0.4, -0.2) is 50.6 Å². The van der Waals surface area contributed by atoms with E-state index in [1.807, 2.05) is 0 Å². The van der Waals surface area contributed by atoms with Gasteiger partial charge in [0, 0.05) is 28.0 Å². The molecule has 0 N–H and O–H groups in total. The Kier molecular flexibility index (Phi) is 10.6. The number of hydrogen-bond acceptors (Lipinski definition) is 3. The number of aromatic nitrogens is 4. The first-order valence-electron chi connectivity index (χ1n) is 13.1. The molecule has 0 saturated carbocycles. The van der Waals surface area contributed by atoms with Crippen molar-refractivity contribution in [2.75, 3.05) is 0 Å². The van der Waals surface area contributed by atoms with Gasteiger partial charge < -0.3 is 4.74 Å². The van der Waals surface area contributed by atoms with Crippen LogP contribution >= 0.6 is 54.5 Å². The van der Waals surface area contributed by atoms with Gasteiger partial charge in [-0.05, 0) is 91.6 Å². The standard InChI is InChI=1S/C27H12Br2F17IN4O/c1-9-3-11(21(30,23(32,33)34)24(35,36)37)4-10(2)19(9)51-8-15(47)18(49-51)17-14(29)7-50(48-17)20-13(28)5-12(6-16(20)52-27(44,45)46)22(31,25(38,39)40)26(41,42)43/h3-8H,1-2H3. The molecule has 0 atom stereocenters. The molecule has 5 nitrogen and oxygen atoms in total. The first-order chi connectivity index (χ1) is 23.3. The monoisotopic (exact) mass is 1020 g/mol. The number of nitrogens with zero attached hydrogens (tertiary/aromatic N) is 4. The van der Waals surface area contributed by atoms with E-state index in [-0.39, 0.29) is 42.3 Å². The minimum Gasteiger partial charge on any atom is -0.403 e. The second-order valence-corrected chi connectivity index (χ2v) is 13.5. The van der Waals surface area contributed by atoms with Gasteiger partial charge in [-0.3, -0.25) is 0 Å². The molecule has 0 aliphatic carbocycles. The van der Waals surface area contributed by atoms with Crippen LogP contribution in [0.15, 0.2) is 45.6 Å². The highest BCUT2D eigenvalue weighted by Gasteiger charge is 2.74. The summed E-state index contributed by atoms with van der Waals surface area (Å²) in [5.41, 5.74) is -18.3. The molecular weight excluding hydrogens is 1010 g/mol. The number of ether oxygens (including phenoxy) is 1. The number of aryl methyl sites for hydroxylation is 2. The Bertz CT molecular complexity index is 1960. The van der Waals surface area contributed by atoms with Crippen LogP contribution in [0.4, 0.5) is 74.6 Å². The average molecular weight is 1020 g/mol. The quantitative estimate of drug-likeness (QED) is 0.143. The van der Waals surface area contributed by atoms with E-state index in [1.165, 1.54) is 6.20 Å². The highest BCUT2D eigenvalue weighted by Crippen LogP contribution is 2.56. The van der Waals surface area contributed by atoms with Gasteiger partial charge in [0.1, 0.15) is 17.1 Å². The Morgan fingerprint density at radius 3 is 1.38 bits per heavy atom. The summed E-state index contributed by atoms with van der Waals surface area (Å²) in [5, 5.41) is 8.15. The highest BCUT2D eigenvalue weighted by molar-refractivity contribution is 14.1.